The number of nitrogens with zero attached hydrogens (tertiary/aromatic N) is 2. The van der Waals surface area contributed by atoms with Crippen molar-refractivity contribution in [3.8, 4) is 0 Å². The summed E-state index contributed by atoms with van der Waals surface area (Å²) in [5, 5.41) is 13.4. The van der Waals surface area contributed by atoms with Crippen LogP contribution in [0.3, 0.4) is 0 Å². The van der Waals surface area contributed by atoms with Gasteiger partial charge in [-0.05, 0) is 34.4 Å². The lowest BCUT2D eigenvalue weighted by atomic mass is 9.82. The molecule has 2 saturated heterocycles. The monoisotopic (exact) mass is 728 g/mol. The predicted octanol–water partition coefficient (Wildman–Crippen LogP) is 10.7. The maximum atomic E-state index is 11.3. The molecule has 268 valence electrons. The molecule has 4 heterocycles. The number of fused-ring (bicyclic) bond motifs is 2. The summed E-state index contributed by atoms with van der Waals surface area (Å²) in [7, 11) is 0. The zero-order valence-corrected chi connectivity index (χ0v) is 30.6. The number of furan rings is 2. The molecule has 2 aliphatic rings. The van der Waals surface area contributed by atoms with Crippen molar-refractivity contribution in [2.24, 2.45) is 0 Å². The Morgan fingerprint density at radius 1 is 0.444 bits per heavy atom. The number of hydrogen-bond donors (Lipinski definition) is 1. The third-order valence-corrected chi connectivity index (χ3v) is 11.4. The van der Waals surface area contributed by atoms with E-state index in [2.05, 4.69) is 125 Å². The Bertz CT molecular complexity index is 2200. The van der Waals surface area contributed by atoms with Crippen LogP contribution >= 0.6 is 11.6 Å². The summed E-state index contributed by atoms with van der Waals surface area (Å²) in [5.74, 6) is 0. The molecule has 54 heavy (non-hydrogen) atoms. The predicted molar refractivity (Wildman–Crippen MR) is 216 cm³/mol. The molecule has 1 N–H and O–H groups in total. The Morgan fingerprint density at radius 3 is 1.20 bits per heavy atom. The summed E-state index contributed by atoms with van der Waals surface area (Å²) in [4.78, 5) is 4.36. The van der Waals surface area contributed by atoms with E-state index in [1.807, 2.05) is 60.9 Å². The number of benzene rings is 6. The molecule has 6 aromatic carbocycles. The molecule has 2 aliphatic heterocycles. The summed E-state index contributed by atoms with van der Waals surface area (Å²) in [6.07, 6.45) is 3.54. The van der Waals surface area contributed by atoms with E-state index in [0.717, 1.165) is 46.2 Å². The molecule has 2 fully saturated rings. The summed E-state index contributed by atoms with van der Waals surface area (Å²) in [5.41, 5.74) is 7.87. The first-order valence-corrected chi connectivity index (χ1v) is 18.9. The molecule has 6 heteroatoms. The number of halogens is 1. The largest absolute Gasteiger partial charge is 0.464 e. The molecule has 0 aliphatic carbocycles. The summed E-state index contributed by atoms with van der Waals surface area (Å²) >= 11 is 7.07. The molecule has 0 amide bonds. The summed E-state index contributed by atoms with van der Waals surface area (Å²) < 4.78 is 11.4. The van der Waals surface area contributed by atoms with Gasteiger partial charge in [0.1, 0.15) is 16.8 Å². The van der Waals surface area contributed by atoms with E-state index in [1.54, 1.807) is 6.26 Å². The second kappa shape index (κ2) is 14.4. The van der Waals surface area contributed by atoms with Gasteiger partial charge in [-0.15, -0.1) is 11.6 Å². The minimum atomic E-state index is -0.881. The van der Waals surface area contributed by atoms with E-state index in [0.29, 0.717) is 13.1 Å². The van der Waals surface area contributed by atoms with Gasteiger partial charge in [-0.2, -0.15) is 0 Å². The van der Waals surface area contributed by atoms with Gasteiger partial charge in [0, 0.05) is 48.1 Å². The molecule has 0 saturated carbocycles. The first kappa shape index (κ1) is 34.3. The number of likely N-dealkylation sites (tertiary alicyclic amines) is 2. The van der Waals surface area contributed by atoms with Crippen molar-refractivity contribution >= 4 is 33.5 Å². The van der Waals surface area contributed by atoms with Crippen LogP contribution in [0, 0.1) is 0 Å². The molecule has 2 aromatic heterocycles. The van der Waals surface area contributed by atoms with Gasteiger partial charge in [-0.3, -0.25) is 9.80 Å². The second-order valence-corrected chi connectivity index (χ2v) is 15.3. The zero-order valence-electron chi connectivity index (χ0n) is 29.8. The fraction of sp³-hybridized carbons (Fsp3) is 0.167. The highest BCUT2D eigenvalue weighted by molar-refractivity contribution is 6.26. The third kappa shape index (κ3) is 6.44. The molecular formula is C48H41ClN2O3. The van der Waals surface area contributed by atoms with Crippen molar-refractivity contribution in [2.45, 2.75) is 22.6 Å². The van der Waals surface area contributed by atoms with E-state index >= 15 is 0 Å². The normalized spacial score (nSPS) is 16.5. The number of β-amino-alcohol motifs (C(OH)–C–C–N with tert-alkyl or cyclic N) is 1. The lowest BCUT2D eigenvalue weighted by molar-refractivity contribution is -0.116. The molecule has 0 spiro atoms. The van der Waals surface area contributed by atoms with Crippen molar-refractivity contribution in [3.05, 3.63) is 216 Å². The fourth-order valence-corrected chi connectivity index (χ4v) is 8.81. The number of para-hydroxylation sites is 2. The van der Waals surface area contributed by atoms with Crippen LogP contribution in [0.25, 0.3) is 21.9 Å². The summed E-state index contributed by atoms with van der Waals surface area (Å²) in [6, 6.07) is 58.6. The molecule has 0 unspecified atom stereocenters. The van der Waals surface area contributed by atoms with Gasteiger partial charge in [0.15, 0.2) is 0 Å². The van der Waals surface area contributed by atoms with Crippen molar-refractivity contribution < 1.29 is 13.9 Å². The maximum absolute atomic E-state index is 11.3. The Balaban J connectivity index is 0.000000142. The lowest BCUT2D eigenvalue weighted by Gasteiger charge is -2.50. The van der Waals surface area contributed by atoms with Gasteiger partial charge in [0.25, 0.3) is 0 Å². The minimum Gasteiger partial charge on any atom is -0.464 e. The standard InChI is InChI=1S/C24H20ClNO.C24H21NO2/c25-24(21-15-27-22-14-8-7-13-20(21)22)16-26(17-24)23(18-9-3-1-4-10-18)19-11-5-2-6-12-19;26-24(21-15-27-22-14-8-7-13-20(21)22)16-25(17-24)23(18-9-3-1-4-10-18)19-11-5-2-6-12-19/h1-15,23H,16-17H2;1-15,23,26H,16-17H2. The average Bonchev–Trinajstić information content (AvgIpc) is 3.84. The maximum Gasteiger partial charge on any atom is 0.134 e. The number of rotatable bonds is 8. The van der Waals surface area contributed by atoms with Gasteiger partial charge < -0.3 is 13.9 Å². The minimum absolute atomic E-state index is 0.130. The first-order chi connectivity index (χ1) is 26.5. The zero-order chi connectivity index (χ0) is 36.5. The van der Waals surface area contributed by atoms with Crippen molar-refractivity contribution in [1.82, 2.24) is 9.80 Å². The third-order valence-electron chi connectivity index (χ3n) is 11.0. The average molecular weight is 729 g/mol. The van der Waals surface area contributed by atoms with Crippen LogP contribution in [-0.2, 0) is 10.5 Å². The lowest BCUT2D eigenvalue weighted by Crippen LogP contribution is -2.60. The van der Waals surface area contributed by atoms with Crippen LogP contribution in [0.1, 0.15) is 45.5 Å². The van der Waals surface area contributed by atoms with Crippen LogP contribution in [0.4, 0.5) is 0 Å². The van der Waals surface area contributed by atoms with Crippen LogP contribution in [0.2, 0.25) is 0 Å². The Morgan fingerprint density at radius 2 is 0.778 bits per heavy atom. The Hall–Kier alpha value is -5.43. The first-order valence-electron chi connectivity index (χ1n) is 18.5. The molecular weight excluding hydrogens is 688 g/mol. The van der Waals surface area contributed by atoms with E-state index < -0.39 is 10.5 Å². The molecule has 8 aromatic rings. The van der Waals surface area contributed by atoms with E-state index in [9.17, 15) is 5.11 Å². The van der Waals surface area contributed by atoms with Crippen LogP contribution in [0.15, 0.2) is 191 Å². The van der Waals surface area contributed by atoms with Gasteiger partial charge in [0.2, 0.25) is 0 Å². The number of hydrogen-bond acceptors (Lipinski definition) is 5. The van der Waals surface area contributed by atoms with Gasteiger partial charge in [-0.1, -0.05) is 158 Å². The van der Waals surface area contributed by atoms with Gasteiger partial charge in [0.05, 0.1) is 29.5 Å². The topological polar surface area (TPSA) is 53.0 Å². The van der Waals surface area contributed by atoms with Crippen molar-refractivity contribution in [2.75, 3.05) is 26.2 Å². The molecule has 0 bridgehead atoms. The van der Waals surface area contributed by atoms with Gasteiger partial charge in [-0.25, -0.2) is 0 Å². The number of alkyl halides is 1. The van der Waals surface area contributed by atoms with Gasteiger partial charge >= 0.3 is 0 Å². The van der Waals surface area contributed by atoms with Crippen LogP contribution in [0.5, 0.6) is 0 Å². The van der Waals surface area contributed by atoms with E-state index in [1.165, 1.54) is 22.3 Å². The van der Waals surface area contributed by atoms with Crippen molar-refractivity contribution in [3.63, 3.8) is 0 Å². The molecule has 0 atom stereocenters. The Labute approximate surface area is 320 Å². The quantitative estimate of drug-likeness (QED) is 0.158. The second-order valence-electron chi connectivity index (χ2n) is 14.5. The molecule has 10 rings (SSSR count). The van der Waals surface area contributed by atoms with Crippen LogP contribution < -0.4 is 0 Å². The van der Waals surface area contributed by atoms with Crippen LogP contribution in [-0.4, -0.2) is 41.1 Å². The summed E-state index contributed by atoms with van der Waals surface area (Å²) in [6.45, 7) is 2.72. The smallest absolute Gasteiger partial charge is 0.134 e. The van der Waals surface area contributed by atoms with E-state index in [4.69, 9.17) is 20.4 Å². The number of aliphatic hydroxyl groups is 1. The molecule has 0 radical (unpaired) electrons. The Kier molecular flexibility index (Phi) is 9.17. The fourth-order valence-electron chi connectivity index (χ4n) is 8.36. The highest BCUT2D eigenvalue weighted by Crippen LogP contribution is 2.47. The SMILES string of the molecule is ClC1(c2coc3ccccc23)CN(C(c2ccccc2)c2ccccc2)C1.OC1(c2coc3ccccc23)CN(C(c2ccccc2)c2ccccc2)C1. The van der Waals surface area contributed by atoms with E-state index in [-0.39, 0.29) is 12.1 Å². The highest BCUT2D eigenvalue weighted by Gasteiger charge is 2.49. The molecule has 5 nitrogen and oxygen atoms in total. The van der Waals surface area contributed by atoms with Crippen molar-refractivity contribution in [1.29, 1.82) is 0 Å². The highest BCUT2D eigenvalue weighted by atomic mass is 35.5.